The van der Waals surface area contributed by atoms with E-state index < -0.39 is 57.8 Å². The van der Waals surface area contributed by atoms with Crippen molar-refractivity contribution in [1.29, 1.82) is 0 Å². The molecule has 0 heterocycles. The number of allylic oxidation sites excluding steroid dienone is 19. The minimum atomic E-state index is -4.79. The van der Waals surface area contributed by atoms with Crippen LogP contribution in [0.4, 0.5) is 0 Å². The molecule has 0 aliphatic carbocycles. The van der Waals surface area contributed by atoms with E-state index in [1.807, 2.05) is 30.4 Å². The number of ether oxygens (including phenoxy) is 3. The van der Waals surface area contributed by atoms with Crippen molar-refractivity contribution in [2.45, 2.75) is 238 Å². The highest BCUT2D eigenvalue weighted by Crippen LogP contribution is 2.43. The number of hydrogen-bond donors (Lipinski definition) is 2. The van der Waals surface area contributed by atoms with Crippen LogP contribution in [0, 0.1) is 0 Å². The number of aliphatic hydroxyl groups excluding tert-OH is 1. The van der Waals surface area contributed by atoms with Gasteiger partial charge in [-0.2, -0.15) is 0 Å². The van der Waals surface area contributed by atoms with E-state index in [9.17, 15) is 28.9 Å². The number of rotatable bonds is 53. The zero-order valence-electron chi connectivity index (χ0n) is 47.7. The maximum Gasteiger partial charge on any atom is 0.472 e. The first-order chi connectivity index (χ1) is 37.2. The van der Waals surface area contributed by atoms with Crippen LogP contribution >= 0.6 is 7.82 Å². The Bertz CT molecular complexity index is 1740. The van der Waals surface area contributed by atoms with Crippen LogP contribution in [0.15, 0.2) is 122 Å². The van der Waals surface area contributed by atoms with E-state index in [4.69, 9.17) is 23.3 Å². The molecule has 11 nitrogen and oxygen atoms in total. The lowest BCUT2D eigenvalue weighted by molar-refractivity contribution is -0.161. The van der Waals surface area contributed by atoms with E-state index in [2.05, 4.69) is 106 Å². The average molecular weight is 1080 g/mol. The number of carbonyl (C=O) groups is 3. The van der Waals surface area contributed by atoms with Gasteiger partial charge < -0.3 is 24.2 Å². The minimum Gasteiger partial charge on any atom is -0.462 e. The van der Waals surface area contributed by atoms with Crippen LogP contribution in [-0.2, 0) is 42.2 Å². The van der Waals surface area contributed by atoms with Gasteiger partial charge in [-0.3, -0.25) is 23.4 Å². The van der Waals surface area contributed by atoms with Crippen molar-refractivity contribution in [1.82, 2.24) is 0 Å². The van der Waals surface area contributed by atoms with Gasteiger partial charge in [0, 0.05) is 12.8 Å². The summed E-state index contributed by atoms with van der Waals surface area (Å²) in [6.45, 7) is 4.25. The van der Waals surface area contributed by atoms with Crippen molar-refractivity contribution in [2.24, 2.45) is 0 Å². The quantitative estimate of drug-likeness (QED) is 0.0197. The van der Waals surface area contributed by atoms with Crippen molar-refractivity contribution >= 4 is 25.7 Å². The third-order valence-electron chi connectivity index (χ3n) is 11.9. The Morgan fingerprint density at radius 2 is 0.737 bits per heavy atom. The average Bonchev–Trinajstić information content (AvgIpc) is 3.41. The largest absolute Gasteiger partial charge is 0.472 e. The molecule has 0 aromatic rings. The van der Waals surface area contributed by atoms with Crippen LogP contribution in [0.3, 0.4) is 0 Å². The lowest BCUT2D eigenvalue weighted by atomic mass is 10.0. The fourth-order valence-electron chi connectivity index (χ4n) is 7.53. The van der Waals surface area contributed by atoms with Crippen LogP contribution in [-0.4, -0.2) is 66.5 Å². The van der Waals surface area contributed by atoms with Crippen molar-refractivity contribution in [3.8, 4) is 0 Å². The highest BCUT2D eigenvalue weighted by Gasteiger charge is 2.28. The van der Waals surface area contributed by atoms with Gasteiger partial charge >= 0.3 is 25.7 Å². The van der Waals surface area contributed by atoms with Gasteiger partial charge in [-0.1, -0.05) is 245 Å². The Kier molecular flexibility index (Phi) is 54.0. The molecule has 76 heavy (non-hydrogen) atoms. The third-order valence-corrected chi connectivity index (χ3v) is 12.9. The van der Waals surface area contributed by atoms with Crippen molar-refractivity contribution < 1.29 is 52.2 Å². The zero-order valence-corrected chi connectivity index (χ0v) is 48.6. The first kappa shape index (κ1) is 71.9. The van der Waals surface area contributed by atoms with Gasteiger partial charge in [-0.05, 0) is 83.5 Å². The van der Waals surface area contributed by atoms with Gasteiger partial charge in [0.1, 0.15) is 12.7 Å². The Hall–Kier alpha value is -4.12. The van der Waals surface area contributed by atoms with E-state index >= 15 is 0 Å². The topological polar surface area (TPSA) is 155 Å². The fraction of sp³-hybridized carbons (Fsp3) is 0.641. The zero-order chi connectivity index (χ0) is 55.5. The first-order valence-electron chi connectivity index (χ1n) is 29.4. The number of esters is 3. The fourth-order valence-corrected chi connectivity index (χ4v) is 8.31. The summed E-state index contributed by atoms with van der Waals surface area (Å²) in [6, 6.07) is 0. The molecule has 3 atom stereocenters. The number of unbranched alkanes of at least 4 members (excludes halogenated alkanes) is 17. The number of phosphoric acid groups is 1. The summed E-state index contributed by atoms with van der Waals surface area (Å²) >= 11 is 0. The molecule has 3 unspecified atom stereocenters. The molecule has 0 rings (SSSR count). The van der Waals surface area contributed by atoms with Gasteiger partial charge in [0.25, 0.3) is 0 Å². The molecule has 0 bridgehead atoms. The lowest BCUT2D eigenvalue weighted by Gasteiger charge is -2.21. The van der Waals surface area contributed by atoms with Gasteiger partial charge in [-0.25, -0.2) is 4.57 Å². The van der Waals surface area contributed by atoms with Crippen molar-refractivity contribution in [3.63, 3.8) is 0 Å². The Morgan fingerprint density at radius 3 is 1.14 bits per heavy atom. The maximum absolute atomic E-state index is 12.9. The second kappa shape index (κ2) is 57.1. The minimum absolute atomic E-state index is 0.0646. The molecular weight excluding hydrogens is 976 g/mol. The second-order valence-corrected chi connectivity index (χ2v) is 20.5. The van der Waals surface area contributed by atoms with E-state index in [-0.39, 0.29) is 25.9 Å². The molecule has 0 saturated heterocycles. The summed E-state index contributed by atoms with van der Waals surface area (Å²) in [5.41, 5.74) is 0. The molecule has 2 N–H and O–H groups in total. The first-order valence-corrected chi connectivity index (χ1v) is 30.9. The summed E-state index contributed by atoms with van der Waals surface area (Å²) in [5, 5.41) is 9.80. The number of phosphoric ester groups is 1. The third kappa shape index (κ3) is 54.7. The molecule has 0 aromatic heterocycles. The number of hydrogen-bond acceptors (Lipinski definition) is 10. The Morgan fingerprint density at radius 1 is 0.395 bits per heavy atom. The van der Waals surface area contributed by atoms with Crippen LogP contribution in [0.2, 0.25) is 0 Å². The van der Waals surface area contributed by atoms with Crippen LogP contribution < -0.4 is 0 Å². The summed E-state index contributed by atoms with van der Waals surface area (Å²) in [6.07, 6.45) is 70.5. The number of carbonyl (C=O) groups excluding carboxylic acids is 3. The molecule has 0 spiro atoms. The molecule has 0 aliphatic heterocycles. The molecular formula is C64H105O11P. The molecule has 0 radical (unpaired) electrons. The van der Waals surface area contributed by atoms with E-state index in [0.29, 0.717) is 25.7 Å². The normalized spacial score (nSPS) is 14.2. The van der Waals surface area contributed by atoms with E-state index in [1.54, 1.807) is 6.08 Å². The van der Waals surface area contributed by atoms with Gasteiger partial charge in [-0.15, -0.1) is 0 Å². The van der Waals surface area contributed by atoms with Crippen LogP contribution in [0.1, 0.15) is 226 Å². The van der Waals surface area contributed by atoms with Crippen molar-refractivity contribution in [2.75, 3.05) is 26.4 Å². The van der Waals surface area contributed by atoms with Crippen LogP contribution in [0.5, 0.6) is 0 Å². The standard InChI is InChI=1S/C64H105O11P/c1-4-7-10-13-16-19-22-25-28-30-33-35-38-41-44-47-50-53-62(66)71-57-61(75-64(68)55-52-49-46-43-40-37-34-31-29-26-23-20-17-14-11-8-5-2)59-73-76(69,70)72-58-60(56-65)74-63(67)54-51-48-45-42-39-36-32-27-24-21-18-15-12-9-6-3/h8-9,11-12,17-18,20-21,26-27,29,32,34,37,39,42-43,46,48,51,60-61,65H,4-7,10,13-16,19,22-25,28,30-31,33,35-36,38,40-41,44-45,47,49-50,52-59H2,1-3H3,(H,69,70)/b11-8-,12-9-,20-17-,21-18-,29-26-,32-27-,37-34-,42-39-,46-43-,51-48-. The van der Waals surface area contributed by atoms with Gasteiger partial charge in [0.15, 0.2) is 6.10 Å². The van der Waals surface area contributed by atoms with Crippen LogP contribution in [0.25, 0.3) is 0 Å². The van der Waals surface area contributed by atoms with E-state index in [1.165, 1.54) is 83.5 Å². The van der Waals surface area contributed by atoms with Gasteiger partial charge in [0.2, 0.25) is 0 Å². The summed E-state index contributed by atoms with van der Waals surface area (Å²) < 4.78 is 39.4. The summed E-state index contributed by atoms with van der Waals surface area (Å²) in [4.78, 5) is 48.5. The summed E-state index contributed by atoms with van der Waals surface area (Å²) in [5.74, 6) is -1.68. The second-order valence-electron chi connectivity index (χ2n) is 19.1. The van der Waals surface area contributed by atoms with E-state index in [0.717, 1.165) is 77.0 Å². The molecule has 12 heteroatoms. The molecule has 0 fully saturated rings. The molecule has 0 amide bonds. The number of aliphatic hydroxyl groups is 1. The Balaban J connectivity index is 4.88. The smallest absolute Gasteiger partial charge is 0.462 e. The highest BCUT2D eigenvalue weighted by atomic mass is 31.2. The molecule has 0 saturated carbocycles. The lowest BCUT2D eigenvalue weighted by Crippen LogP contribution is -2.30. The molecule has 432 valence electrons. The molecule has 0 aliphatic rings. The molecule has 0 aromatic carbocycles. The Labute approximate surface area is 462 Å². The van der Waals surface area contributed by atoms with Gasteiger partial charge in [0.05, 0.1) is 26.2 Å². The summed E-state index contributed by atoms with van der Waals surface area (Å²) in [7, 11) is -4.79. The van der Waals surface area contributed by atoms with Crippen molar-refractivity contribution in [3.05, 3.63) is 122 Å². The predicted octanol–water partition coefficient (Wildman–Crippen LogP) is 17.6. The monoisotopic (exact) mass is 1080 g/mol. The maximum atomic E-state index is 12.9. The predicted molar refractivity (Wildman–Crippen MR) is 316 cm³/mol. The highest BCUT2D eigenvalue weighted by molar-refractivity contribution is 7.47. The SMILES string of the molecule is CC/C=C\C/C=C\C/C=C\C/C=C\C/C=C\CCCC(=O)OC(COC(=O)CCCCCCCCCCCCCCCCCCC)COP(=O)(O)OCC(CO)OC(=O)C/C=C\C/C=C\C/C=C\C/C=C\C/C=C\CC.